The summed E-state index contributed by atoms with van der Waals surface area (Å²) < 4.78 is 45.9. The molecule has 3 nitrogen and oxygen atoms in total. The Morgan fingerprint density at radius 3 is 1.75 bits per heavy atom. The zero-order valence-corrected chi connectivity index (χ0v) is 16.0. The first-order valence-corrected chi connectivity index (χ1v) is 10.2. The Labute approximate surface area is 143 Å². The van der Waals surface area contributed by atoms with E-state index < -0.39 is 32.6 Å². The maximum atomic E-state index is 13.2. The zero-order valence-electron chi connectivity index (χ0n) is 15.0. The molecule has 24 heavy (non-hydrogen) atoms. The molecular weight excluding hydrogens is 336 g/mol. The van der Waals surface area contributed by atoms with E-state index in [1.54, 1.807) is 0 Å². The summed E-state index contributed by atoms with van der Waals surface area (Å²) in [4.78, 5) is 0. The van der Waals surface area contributed by atoms with Crippen LogP contribution in [0.1, 0.15) is 47.1 Å². The number of hydrogen-bond donors (Lipinski definition) is 2. The molecule has 136 valence electrons. The second-order valence-electron chi connectivity index (χ2n) is 7.04. The van der Waals surface area contributed by atoms with Crippen molar-refractivity contribution >= 4 is 20.9 Å². The molecular formula is C16H26BF3O3Si. The second kappa shape index (κ2) is 7.49. The second-order valence-corrected chi connectivity index (χ2v) is 12.4. The van der Waals surface area contributed by atoms with E-state index in [2.05, 4.69) is 0 Å². The number of halogens is 3. The highest BCUT2D eigenvalue weighted by Gasteiger charge is 2.47. The third kappa shape index (κ3) is 4.15. The van der Waals surface area contributed by atoms with E-state index in [0.29, 0.717) is 0 Å². The van der Waals surface area contributed by atoms with Gasteiger partial charge >= 0.3 is 13.3 Å². The van der Waals surface area contributed by atoms with Gasteiger partial charge in [-0.1, -0.05) is 47.6 Å². The largest absolute Gasteiger partial charge is 0.543 e. The van der Waals surface area contributed by atoms with E-state index in [4.69, 9.17) is 4.43 Å². The van der Waals surface area contributed by atoms with Crippen molar-refractivity contribution in [3.05, 3.63) is 23.8 Å². The number of benzene rings is 1. The van der Waals surface area contributed by atoms with E-state index in [9.17, 15) is 23.2 Å². The molecule has 1 rings (SSSR count). The van der Waals surface area contributed by atoms with Gasteiger partial charge in [-0.2, -0.15) is 13.2 Å². The zero-order chi connectivity index (χ0) is 18.9. The Morgan fingerprint density at radius 2 is 1.42 bits per heavy atom. The van der Waals surface area contributed by atoms with Gasteiger partial charge in [-0.25, -0.2) is 0 Å². The SMILES string of the molecule is CC(C)[Si](Oc1ccc(B(O)O)c(C(F)(F)F)c1)(C(C)C)C(C)C. The minimum absolute atomic E-state index is 0.134. The standard InChI is InChI=1S/C16H26BF3O3Si/c1-10(2)24(11(3)4,12(5)6)23-13-7-8-15(17(21)22)14(9-13)16(18,19)20/h7-12,21-22H,1-6H3. The summed E-state index contributed by atoms with van der Waals surface area (Å²) in [7, 11) is -4.57. The fraction of sp³-hybridized carbons (Fsp3) is 0.625. The molecule has 0 saturated carbocycles. The fourth-order valence-electron chi connectivity index (χ4n) is 3.63. The first-order chi connectivity index (χ1) is 10.8. The Morgan fingerprint density at radius 1 is 0.958 bits per heavy atom. The topological polar surface area (TPSA) is 49.7 Å². The lowest BCUT2D eigenvalue weighted by molar-refractivity contribution is -0.136. The van der Waals surface area contributed by atoms with Gasteiger partial charge in [-0.05, 0) is 34.2 Å². The summed E-state index contributed by atoms with van der Waals surface area (Å²) in [6, 6.07) is 3.34. The van der Waals surface area contributed by atoms with Gasteiger partial charge in [0.2, 0.25) is 0 Å². The normalized spacial score (nSPS) is 13.1. The lowest BCUT2D eigenvalue weighted by atomic mass is 9.77. The van der Waals surface area contributed by atoms with Gasteiger partial charge in [0.1, 0.15) is 5.75 Å². The summed E-state index contributed by atoms with van der Waals surface area (Å²) in [5.41, 5.74) is -0.991. The van der Waals surface area contributed by atoms with Gasteiger partial charge in [-0.3, -0.25) is 0 Å². The van der Waals surface area contributed by atoms with Crippen LogP contribution in [-0.2, 0) is 6.18 Å². The van der Waals surface area contributed by atoms with Crippen LogP contribution < -0.4 is 9.89 Å². The van der Waals surface area contributed by atoms with Crippen molar-refractivity contribution in [3.63, 3.8) is 0 Å². The van der Waals surface area contributed by atoms with Crippen molar-refractivity contribution in [1.82, 2.24) is 0 Å². The van der Waals surface area contributed by atoms with Gasteiger partial charge in [0.25, 0.3) is 8.32 Å². The molecule has 0 amide bonds. The predicted octanol–water partition coefficient (Wildman–Crippen LogP) is 3.94. The van der Waals surface area contributed by atoms with E-state index in [1.807, 2.05) is 41.5 Å². The molecule has 1 aromatic rings. The van der Waals surface area contributed by atoms with E-state index in [0.717, 1.165) is 12.1 Å². The van der Waals surface area contributed by atoms with Crippen LogP contribution in [0.15, 0.2) is 18.2 Å². The minimum Gasteiger partial charge on any atom is -0.543 e. The highest BCUT2D eigenvalue weighted by atomic mass is 28.4. The van der Waals surface area contributed by atoms with Gasteiger partial charge in [-0.15, -0.1) is 0 Å². The predicted molar refractivity (Wildman–Crippen MR) is 92.9 cm³/mol. The van der Waals surface area contributed by atoms with Crippen molar-refractivity contribution in [2.75, 3.05) is 0 Å². The van der Waals surface area contributed by atoms with Crippen LogP contribution in [0.3, 0.4) is 0 Å². The van der Waals surface area contributed by atoms with Crippen molar-refractivity contribution in [2.24, 2.45) is 0 Å². The van der Waals surface area contributed by atoms with Crippen LogP contribution in [-0.4, -0.2) is 25.5 Å². The first-order valence-electron chi connectivity index (χ1n) is 8.10. The van der Waals surface area contributed by atoms with Crippen molar-refractivity contribution < 1.29 is 27.6 Å². The summed E-state index contributed by atoms with van der Waals surface area (Å²) in [5, 5.41) is 18.4. The van der Waals surface area contributed by atoms with Crippen LogP contribution in [0.4, 0.5) is 13.2 Å². The highest BCUT2D eigenvalue weighted by Crippen LogP contribution is 2.43. The molecule has 0 aliphatic rings. The molecule has 0 spiro atoms. The molecule has 0 aromatic heterocycles. The molecule has 0 heterocycles. The third-order valence-corrected chi connectivity index (χ3v) is 10.6. The van der Waals surface area contributed by atoms with E-state index >= 15 is 0 Å². The molecule has 2 N–H and O–H groups in total. The average molecular weight is 362 g/mol. The summed E-state index contributed by atoms with van der Waals surface area (Å²) >= 11 is 0. The molecule has 0 radical (unpaired) electrons. The van der Waals surface area contributed by atoms with Crippen LogP contribution in [0.25, 0.3) is 0 Å². The minimum atomic E-state index is -4.68. The van der Waals surface area contributed by atoms with Crippen molar-refractivity contribution in [2.45, 2.75) is 64.3 Å². The maximum Gasteiger partial charge on any atom is 0.489 e. The molecule has 0 aliphatic carbocycles. The molecule has 8 heteroatoms. The molecule has 0 fully saturated rings. The van der Waals surface area contributed by atoms with Crippen LogP contribution in [0.5, 0.6) is 5.75 Å². The van der Waals surface area contributed by atoms with E-state index in [1.165, 1.54) is 6.07 Å². The third-order valence-electron chi connectivity index (χ3n) is 4.61. The number of hydrogen-bond acceptors (Lipinski definition) is 3. The van der Waals surface area contributed by atoms with Crippen LogP contribution in [0, 0.1) is 0 Å². The Bertz CT molecular complexity index is 538. The Kier molecular flexibility index (Phi) is 6.57. The Hall–Kier alpha value is -0.988. The van der Waals surface area contributed by atoms with Gasteiger partial charge < -0.3 is 14.5 Å². The molecule has 0 saturated heterocycles. The fourth-order valence-corrected chi connectivity index (χ4v) is 8.87. The first kappa shape index (κ1) is 21.1. The van der Waals surface area contributed by atoms with E-state index in [-0.39, 0.29) is 22.4 Å². The monoisotopic (exact) mass is 362 g/mol. The lowest BCUT2D eigenvalue weighted by Crippen LogP contribution is -2.50. The molecule has 0 bridgehead atoms. The van der Waals surface area contributed by atoms with Crippen molar-refractivity contribution in [1.29, 1.82) is 0 Å². The van der Waals surface area contributed by atoms with Crippen LogP contribution in [0.2, 0.25) is 16.6 Å². The van der Waals surface area contributed by atoms with Gasteiger partial charge in [0.05, 0.1) is 5.56 Å². The van der Waals surface area contributed by atoms with Gasteiger partial charge in [0.15, 0.2) is 0 Å². The van der Waals surface area contributed by atoms with Gasteiger partial charge in [0, 0.05) is 0 Å². The smallest absolute Gasteiger partial charge is 0.489 e. The quantitative estimate of drug-likeness (QED) is 0.754. The molecule has 0 unspecified atom stereocenters. The van der Waals surface area contributed by atoms with Crippen molar-refractivity contribution in [3.8, 4) is 5.75 Å². The molecule has 1 aromatic carbocycles. The summed E-state index contributed by atoms with van der Waals surface area (Å²) in [6.07, 6.45) is -4.68. The molecule has 0 aliphatic heterocycles. The number of alkyl halides is 3. The van der Waals surface area contributed by atoms with Crippen LogP contribution >= 0.6 is 0 Å². The highest BCUT2D eigenvalue weighted by molar-refractivity contribution is 6.78. The lowest BCUT2D eigenvalue weighted by Gasteiger charge is -2.42. The summed E-state index contributed by atoms with van der Waals surface area (Å²) in [6.45, 7) is 12.3. The summed E-state index contributed by atoms with van der Waals surface area (Å²) in [5.74, 6) is 0.134. The average Bonchev–Trinajstić information content (AvgIpc) is 2.42. The number of rotatable bonds is 6. The Balaban J connectivity index is 3.42. The maximum absolute atomic E-state index is 13.2. The molecule has 0 atom stereocenters.